The predicted octanol–water partition coefficient (Wildman–Crippen LogP) is 2.65. The summed E-state index contributed by atoms with van der Waals surface area (Å²) in [5.74, 6) is -0.306. The second-order valence-electron chi connectivity index (χ2n) is 3.99. The van der Waals surface area contributed by atoms with E-state index in [2.05, 4.69) is 6.07 Å². The Morgan fingerprint density at radius 2 is 2.38 bits per heavy atom. The van der Waals surface area contributed by atoms with Crippen LogP contribution in [0.3, 0.4) is 0 Å². The molecule has 16 heavy (non-hydrogen) atoms. The van der Waals surface area contributed by atoms with Crippen molar-refractivity contribution in [3.63, 3.8) is 0 Å². The molecule has 3 nitrogen and oxygen atoms in total. The number of aryl methyl sites for hydroxylation is 1. The van der Waals surface area contributed by atoms with Gasteiger partial charge in [0.05, 0.1) is 18.6 Å². The van der Waals surface area contributed by atoms with Gasteiger partial charge in [-0.15, -0.1) is 11.3 Å². The molecule has 0 unspecified atom stereocenters. The Kier molecular flexibility index (Phi) is 2.73. The summed E-state index contributed by atoms with van der Waals surface area (Å²) in [6.07, 6.45) is 2.68. The summed E-state index contributed by atoms with van der Waals surface area (Å²) in [4.78, 5) is 13.2. The molecule has 1 aromatic rings. The summed E-state index contributed by atoms with van der Waals surface area (Å²) < 4.78 is 4.70. The SMILES string of the molecule is CCc1sc(C(=O)OC)cc1C1(C#N)CC1. The second-order valence-corrected chi connectivity index (χ2v) is 5.12. The summed E-state index contributed by atoms with van der Waals surface area (Å²) in [6.45, 7) is 2.05. The van der Waals surface area contributed by atoms with Crippen LogP contribution in [0.25, 0.3) is 0 Å². The number of thiophene rings is 1. The topological polar surface area (TPSA) is 50.1 Å². The standard InChI is InChI=1S/C12H13NO2S/c1-3-9-8(12(7-13)4-5-12)6-10(16-9)11(14)15-2/h6H,3-5H2,1-2H3. The van der Waals surface area contributed by atoms with Crippen molar-refractivity contribution < 1.29 is 9.53 Å². The molecule has 2 rings (SSSR count). The van der Waals surface area contributed by atoms with E-state index in [1.54, 1.807) is 0 Å². The van der Waals surface area contributed by atoms with Crippen LogP contribution in [0.5, 0.6) is 0 Å². The first-order valence-electron chi connectivity index (χ1n) is 5.29. The molecule has 0 N–H and O–H groups in total. The number of rotatable bonds is 3. The summed E-state index contributed by atoms with van der Waals surface area (Å²) in [7, 11) is 1.38. The van der Waals surface area contributed by atoms with Crippen LogP contribution in [0.2, 0.25) is 0 Å². The molecule has 1 aromatic heterocycles. The third kappa shape index (κ3) is 1.61. The average Bonchev–Trinajstić information content (AvgIpc) is 3.00. The maximum atomic E-state index is 11.4. The van der Waals surface area contributed by atoms with Crippen molar-refractivity contribution in [3.05, 3.63) is 21.4 Å². The van der Waals surface area contributed by atoms with Crippen LogP contribution >= 0.6 is 11.3 Å². The van der Waals surface area contributed by atoms with Crippen LogP contribution in [0, 0.1) is 11.3 Å². The van der Waals surface area contributed by atoms with Gasteiger partial charge in [0.25, 0.3) is 0 Å². The zero-order valence-electron chi connectivity index (χ0n) is 9.37. The molecular formula is C12H13NO2S. The fraction of sp³-hybridized carbons (Fsp3) is 0.500. The number of nitrogens with zero attached hydrogens (tertiary/aromatic N) is 1. The quantitative estimate of drug-likeness (QED) is 0.757. The highest BCUT2D eigenvalue weighted by Crippen LogP contribution is 2.50. The molecule has 0 aliphatic heterocycles. The van der Waals surface area contributed by atoms with Gasteiger partial charge in [0.1, 0.15) is 4.88 Å². The molecule has 0 aromatic carbocycles. The fourth-order valence-electron chi connectivity index (χ4n) is 1.86. The molecule has 0 radical (unpaired) electrons. The van der Waals surface area contributed by atoms with Gasteiger partial charge in [-0.2, -0.15) is 5.26 Å². The van der Waals surface area contributed by atoms with Gasteiger partial charge in [0.15, 0.2) is 0 Å². The minimum absolute atomic E-state index is 0.306. The average molecular weight is 235 g/mol. The van der Waals surface area contributed by atoms with E-state index in [9.17, 15) is 10.1 Å². The van der Waals surface area contributed by atoms with Gasteiger partial charge >= 0.3 is 5.97 Å². The van der Waals surface area contributed by atoms with Crippen LogP contribution in [0.4, 0.5) is 0 Å². The van der Waals surface area contributed by atoms with Crippen LogP contribution in [-0.2, 0) is 16.6 Å². The van der Waals surface area contributed by atoms with Gasteiger partial charge in [-0.25, -0.2) is 4.79 Å². The predicted molar refractivity (Wildman–Crippen MR) is 61.6 cm³/mol. The fourth-order valence-corrected chi connectivity index (χ4v) is 2.98. The van der Waals surface area contributed by atoms with E-state index in [4.69, 9.17) is 4.74 Å². The number of hydrogen-bond acceptors (Lipinski definition) is 4. The Bertz CT molecular complexity index is 466. The van der Waals surface area contributed by atoms with E-state index in [0.717, 1.165) is 29.7 Å². The van der Waals surface area contributed by atoms with Gasteiger partial charge in [-0.05, 0) is 30.9 Å². The number of carbonyl (C=O) groups is 1. The highest BCUT2D eigenvalue weighted by atomic mass is 32.1. The summed E-state index contributed by atoms with van der Waals surface area (Å²) in [5.41, 5.74) is 0.733. The van der Waals surface area contributed by atoms with Crippen molar-refractivity contribution in [3.8, 4) is 6.07 Å². The van der Waals surface area contributed by atoms with Crippen molar-refractivity contribution in [2.75, 3.05) is 7.11 Å². The van der Waals surface area contributed by atoms with Gasteiger partial charge in [0, 0.05) is 4.88 Å². The first kappa shape index (κ1) is 11.2. The van der Waals surface area contributed by atoms with E-state index < -0.39 is 0 Å². The van der Waals surface area contributed by atoms with Gasteiger partial charge < -0.3 is 4.74 Å². The lowest BCUT2D eigenvalue weighted by Gasteiger charge is -2.04. The molecule has 84 valence electrons. The monoisotopic (exact) mass is 235 g/mol. The number of methoxy groups -OCH3 is 1. The zero-order chi connectivity index (χ0) is 11.8. The van der Waals surface area contributed by atoms with Crippen LogP contribution < -0.4 is 0 Å². The Labute approximate surface area is 98.7 Å². The third-order valence-electron chi connectivity index (χ3n) is 3.00. The Balaban J connectivity index is 2.42. The van der Waals surface area contributed by atoms with Crippen LogP contribution in [-0.4, -0.2) is 13.1 Å². The van der Waals surface area contributed by atoms with E-state index in [-0.39, 0.29) is 11.4 Å². The normalized spacial score (nSPS) is 16.6. The lowest BCUT2D eigenvalue weighted by Crippen LogP contribution is -2.04. The van der Waals surface area contributed by atoms with Gasteiger partial charge in [-0.3, -0.25) is 0 Å². The van der Waals surface area contributed by atoms with Crippen molar-refractivity contribution in [1.29, 1.82) is 5.26 Å². The zero-order valence-corrected chi connectivity index (χ0v) is 10.2. The molecule has 1 aliphatic rings. The number of hydrogen-bond donors (Lipinski definition) is 0. The minimum Gasteiger partial charge on any atom is -0.465 e. The molecule has 1 heterocycles. The second kappa shape index (κ2) is 3.91. The number of nitriles is 1. The minimum atomic E-state index is -0.311. The molecule has 1 fully saturated rings. The Morgan fingerprint density at radius 1 is 1.69 bits per heavy atom. The molecule has 1 aliphatic carbocycles. The molecule has 1 saturated carbocycles. The molecule has 0 atom stereocenters. The summed E-state index contributed by atoms with van der Waals surface area (Å²) >= 11 is 1.45. The van der Waals surface area contributed by atoms with Crippen molar-refractivity contribution in [2.24, 2.45) is 0 Å². The molecule has 0 amide bonds. The van der Waals surface area contributed by atoms with E-state index in [0.29, 0.717) is 4.88 Å². The Hall–Kier alpha value is -1.34. The van der Waals surface area contributed by atoms with Crippen molar-refractivity contribution in [1.82, 2.24) is 0 Å². The maximum absolute atomic E-state index is 11.4. The van der Waals surface area contributed by atoms with Crippen molar-refractivity contribution >= 4 is 17.3 Å². The first-order valence-corrected chi connectivity index (χ1v) is 6.11. The first-order chi connectivity index (χ1) is 7.66. The van der Waals surface area contributed by atoms with E-state index in [1.165, 1.54) is 18.4 Å². The number of carbonyl (C=O) groups excluding carboxylic acids is 1. The highest BCUT2D eigenvalue weighted by Gasteiger charge is 2.47. The van der Waals surface area contributed by atoms with Gasteiger partial charge in [0.2, 0.25) is 0 Å². The van der Waals surface area contributed by atoms with Crippen LogP contribution in [0.1, 0.15) is 39.9 Å². The van der Waals surface area contributed by atoms with Gasteiger partial charge in [-0.1, -0.05) is 6.92 Å². The number of esters is 1. The van der Waals surface area contributed by atoms with E-state index >= 15 is 0 Å². The summed E-state index contributed by atoms with van der Waals surface area (Å²) in [6, 6.07) is 4.21. The number of ether oxygens (including phenoxy) is 1. The smallest absolute Gasteiger partial charge is 0.348 e. The molecule has 0 saturated heterocycles. The van der Waals surface area contributed by atoms with Crippen LogP contribution in [0.15, 0.2) is 6.07 Å². The summed E-state index contributed by atoms with van der Waals surface area (Å²) in [5, 5.41) is 9.17. The molecule has 0 spiro atoms. The highest BCUT2D eigenvalue weighted by molar-refractivity contribution is 7.14. The molecule has 0 bridgehead atoms. The molecule has 4 heteroatoms. The van der Waals surface area contributed by atoms with Crippen molar-refractivity contribution in [2.45, 2.75) is 31.6 Å². The lowest BCUT2D eigenvalue weighted by atomic mass is 9.97. The van der Waals surface area contributed by atoms with E-state index in [1.807, 2.05) is 13.0 Å². The largest absolute Gasteiger partial charge is 0.465 e. The molecular weight excluding hydrogens is 222 g/mol. The third-order valence-corrected chi connectivity index (χ3v) is 4.26. The Morgan fingerprint density at radius 3 is 2.81 bits per heavy atom. The maximum Gasteiger partial charge on any atom is 0.348 e. The lowest BCUT2D eigenvalue weighted by molar-refractivity contribution is 0.0606.